The lowest BCUT2D eigenvalue weighted by atomic mass is 10.0. The van der Waals surface area contributed by atoms with Gasteiger partial charge in [-0.1, -0.05) is 11.6 Å². The second kappa shape index (κ2) is 3.37. The molecule has 1 aliphatic carbocycles. The van der Waals surface area contributed by atoms with Crippen LogP contribution in [0.2, 0.25) is 5.15 Å². The number of aryl methyl sites for hydroxylation is 1. The molecule has 0 amide bonds. The highest BCUT2D eigenvalue weighted by Crippen LogP contribution is 2.47. The van der Waals surface area contributed by atoms with Crippen molar-refractivity contribution in [2.75, 3.05) is 0 Å². The zero-order chi connectivity index (χ0) is 11.2. The summed E-state index contributed by atoms with van der Waals surface area (Å²) in [7, 11) is 0. The second-order valence-corrected chi connectivity index (χ2v) is 4.15. The van der Waals surface area contributed by atoms with Crippen molar-refractivity contribution in [2.45, 2.75) is 31.9 Å². The van der Waals surface area contributed by atoms with E-state index in [2.05, 4.69) is 4.98 Å². The molecule has 1 nitrogen and oxygen atoms in total. The Bertz CT molecular complexity index is 396. The Morgan fingerprint density at radius 1 is 1.40 bits per heavy atom. The molecule has 0 saturated heterocycles. The molecule has 1 aliphatic rings. The van der Waals surface area contributed by atoms with E-state index in [9.17, 15) is 13.2 Å². The van der Waals surface area contributed by atoms with Gasteiger partial charge in [0.1, 0.15) is 5.15 Å². The quantitative estimate of drug-likeness (QED) is 0.672. The minimum absolute atomic E-state index is 0.0147. The molecule has 0 unspecified atom stereocenters. The van der Waals surface area contributed by atoms with Gasteiger partial charge < -0.3 is 0 Å². The maximum absolute atomic E-state index is 12.7. The fraction of sp³-hybridized carbons (Fsp3) is 0.500. The molecule has 0 N–H and O–H groups in total. The Labute approximate surface area is 90.3 Å². The van der Waals surface area contributed by atoms with E-state index in [1.165, 1.54) is 6.07 Å². The number of hydrogen-bond donors (Lipinski definition) is 0. The molecule has 0 radical (unpaired) electrons. The first-order chi connectivity index (χ1) is 6.89. The van der Waals surface area contributed by atoms with Crippen molar-refractivity contribution in [1.82, 2.24) is 4.98 Å². The van der Waals surface area contributed by atoms with Gasteiger partial charge in [-0.25, -0.2) is 4.98 Å². The summed E-state index contributed by atoms with van der Waals surface area (Å²) in [5.41, 5.74) is 0.0900. The number of rotatable bonds is 1. The monoisotopic (exact) mass is 235 g/mol. The average Bonchev–Trinajstić information content (AvgIpc) is 2.80. The van der Waals surface area contributed by atoms with Gasteiger partial charge in [-0.2, -0.15) is 13.2 Å². The number of hydrogen-bond acceptors (Lipinski definition) is 1. The van der Waals surface area contributed by atoms with Gasteiger partial charge in [-0.05, 0) is 37.3 Å². The number of alkyl halides is 3. The van der Waals surface area contributed by atoms with Gasteiger partial charge in [0.05, 0.1) is 5.56 Å². The predicted octanol–water partition coefficient (Wildman–Crippen LogP) is 3.94. The summed E-state index contributed by atoms with van der Waals surface area (Å²) in [6.45, 7) is 1.65. The van der Waals surface area contributed by atoms with Crippen LogP contribution in [-0.4, -0.2) is 4.98 Å². The van der Waals surface area contributed by atoms with Crippen LogP contribution in [0, 0.1) is 6.92 Å². The van der Waals surface area contributed by atoms with Crippen molar-refractivity contribution in [1.29, 1.82) is 0 Å². The van der Waals surface area contributed by atoms with E-state index in [4.69, 9.17) is 11.6 Å². The molecule has 0 atom stereocenters. The number of halogens is 4. The lowest BCUT2D eigenvalue weighted by molar-refractivity contribution is -0.138. The number of pyridine rings is 1. The Kier molecular flexibility index (Phi) is 2.41. The van der Waals surface area contributed by atoms with Gasteiger partial charge in [0.2, 0.25) is 0 Å². The third kappa shape index (κ3) is 2.09. The van der Waals surface area contributed by atoms with Crippen molar-refractivity contribution in [3.8, 4) is 0 Å². The standard InChI is InChI=1S/C10H9ClF3N/c1-5-4-7(6-2-3-6)8(9(11)15-5)10(12,13)14/h4,6H,2-3H2,1H3. The zero-order valence-corrected chi connectivity index (χ0v) is 8.78. The van der Waals surface area contributed by atoms with Crippen LogP contribution in [0.3, 0.4) is 0 Å². The van der Waals surface area contributed by atoms with Crippen LogP contribution < -0.4 is 0 Å². The maximum Gasteiger partial charge on any atom is 0.419 e. The average molecular weight is 236 g/mol. The van der Waals surface area contributed by atoms with Crippen LogP contribution >= 0.6 is 11.6 Å². The SMILES string of the molecule is Cc1cc(C2CC2)c(C(F)(F)F)c(Cl)n1. The molecule has 2 rings (SSSR count). The van der Waals surface area contributed by atoms with E-state index in [0.29, 0.717) is 11.3 Å². The van der Waals surface area contributed by atoms with Crippen molar-refractivity contribution < 1.29 is 13.2 Å². The number of aromatic nitrogens is 1. The molecule has 1 aromatic heterocycles. The number of nitrogens with zero attached hydrogens (tertiary/aromatic N) is 1. The van der Waals surface area contributed by atoms with Gasteiger partial charge in [0, 0.05) is 5.69 Å². The smallest absolute Gasteiger partial charge is 0.241 e. The Balaban J connectivity index is 2.59. The Morgan fingerprint density at radius 3 is 2.47 bits per heavy atom. The van der Waals surface area contributed by atoms with Crippen molar-refractivity contribution in [2.24, 2.45) is 0 Å². The Hall–Kier alpha value is -0.770. The Morgan fingerprint density at radius 2 is 2.00 bits per heavy atom. The lowest BCUT2D eigenvalue weighted by Gasteiger charge is -2.14. The third-order valence-electron chi connectivity index (χ3n) is 2.43. The molecule has 0 spiro atoms. The van der Waals surface area contributed by atoms with E-state index in [-0.39, 0.29) is 5.92 Å². The minimum Gasteiger partial charge on any atom is -0.241 e. The molecule has 1 saturated carbocycles. The van der Waals surface area contributed by atoms with Crippen molar-refractivity contribution >= 4 is 11.6 Å². The summed E-state index contributed by atoms with van der Waals surface area (Å²) >= 11 is 5.56. The first kappa shape index (κ1) is 10.7. The summed E-state index contributed by atoms with van der Waals surface area (Å²) in [5.74, 6) is 0.0147. The van der Waals surface area contributed by atoms with E-state index in [1.807, 2.05) is 0 Å². The normalized spacial score (nSPS) is 16.9. The molecular weight excluding hydrogens is 227 g/mol. The van der Waals surface area contributed by atoms with Gasteiger partial charge >= 0.3 is 6.18 Å². The van der Waals surface area contributed by atoms with Crippen LogP contribution in [0.5, 0.6) is 0 Å². The van der Waals surface area contributed by atoms with E-state index < -0.39 is 16.9 Å². The largest absolute Gasteiger partial charge is 0.419 e. The van der Waals surface area contributed by atoms with Gasteiger partial charge in [0.15, 0.2) is 0 Å². The van der Waals surface area contributed by atoms with Crippen molar-refractivity contribution in [3.63, 3.8) is 0 Å². The highest BCUT2D eigenvalue weighted by Gasteiger charge is 2.41. The van der Waals surface area contributed by atoms with E-state index in [1.54, 1.807) is 6.92 Å². The van der Waals surface area contributed by atoms with Gasteiger partial charge in [0.25, 0.3) is 0 Å². The van der Waals surface area contributed by atoms with Crippen LogP contribution in [0.4, 0.5) is 13.2 Å². The summed E-state index contributed by atoms with van der Waals surface area (Å²) in [6, 6.07) is 1.49. The molecule has 0 aromatic carbocycles. The fourth-order valence-electron chi connectivity index (χ4n) is 1.66. The minimum atomic E-state index is -4.41. The second-order valence-electron chi connectivity index (χ2n) is 3.79. The van der Waals surface area contributed by atoms with Crippen LogP contribution in [0.25, 0.3) is 0 Å². The predicted molar refractivity (Wildman–Crippen MR) is 51.0 cm³/mol. The summed E-state index contributed by atoms with van der Waals surface area (Å²) in [4.78, 5) is 3.66. The molecule has 0 aliphatic heterocycles. The third-order valence-corrected chi connectivity index (χ3v) is 2.71. The van der Waals surface area contributed by atoms with E-state index in [0.717, 1.165) is 12.8 Å². The molecule has 0 bridgehead atoms. The highest BCUT2D eigenvalue weighted by molar-refractivity contribution is 6.30. The zero-order valence-electron chi connectivity index (χ0n) is 8.03. The molecule has 1 heterocycles. The van der Waals surface area contributed by atoms with Gasteiger partial charge in [-0.15, -0.1) is 0 Å². The first-order valence-corrected chi connectivity index (χ1v) is 5.01. The summed E-state index contributed by atoms with van der Waals surface area (Å²) in [6.07, 6.45) is -2.79. The highest BCUT2D eigenvalue weighted by atomic mass is 35.5. The maximum atomic E-state index is 12.7. The molecular formula is C10H9ClF3N. The van der Waals surface area contributed by atoms with Crippen LogP contribution in [0.15, 0.2) is 6.07 Å². The first-order valence-electron chi connectivity index (χ1n) is 4.64. The molecule has 82 valence electrons. The topological polar surface area (TPSA) is 12.9 Å². The van der Waals surface area contributed by atoms with Gasteiger partial charge in [-0.3, -0.25) is 0 Å². The van der Waals surface area contributed by atoms with E-state index >= 15 is 0 Å². The molecule has 15 heavy (non-hydrogen) atoms. The fourth-order valence-corrected chi connectivity index (χ4v) is 2.01. The van der Waals surface area contributed by atoms with Crippen LogP contribution in [-0.2, 0) is 6.18 Å². The summed E-state index contributed by atoms with van der Waals surface area (Å²) < 4.78 is 38.1. The molecule has 1 aromatic rings. The summed E-state index contributed by atoms with van der Waals surface area (Å²) in [5, 5.41) is -0.426. The molecule has 5 heteroatoms. The molecule has 1 fully saturated rings. The van der Waals surface area contributed by atoms with Crippen molar-refractivity contribution in [3.05, 3.63) is 28.0 Å². The van der Waals surface area contributed by atoms with Crippen LogP contribution in [0.1, 0.15) is 35.6 Å². The lowest BCUT2D eigenvalue weighted by Crippen LogP contribution is -2.11.